The summed E-state index contributed by atoms with van der Waals surface area (Å²) in [5.74, 6) is 1.83. The lowest BCUT2D eigenvalue weighted by atomic mass is 9.98. The van der Waals surface area contributed by atoms with Gasteiger partial charge >= 0.3 is 0 Å². The highest BCUT2D eigenvalue weighted by Crippen LogP contribution is 2.23. The lowest BCUT2D eigenvalue weighted by Crippen LogP contribution is -1.97. The van der Waals surface area contributed by atoms with Gasteiger partial charge in [0.25, 0.3) is 0 Å². The van der Waals surface area contributed by atoms with Gasteiger partial charge in [-0.3, -0.25) is 0 Å². The van der Waals surface area contributed by atoms with Crippen LogP contribution in [0.25, 0.3) is 0 Å². The van der Waals surface area contributed by atoms with E-state index >= 15 is 0 Å². The third kappa shape index (κ3) is 3.46. The molecule has 2 nitrogen and oxygen atoms in total. The number of methoxy groups -OCH3 is 1. The third-order valence-corrected chi connectivity index (χ3v) is 3.26. The van der Waals surface area contributed by atoms with Crippen molar-refractivity contribution in [1.29, 1.82) is 5.26 Å². The average Bonchev–Trinajstić information content (AvgIpc) is 2.26. The van der Waals surface area contributed by atoms with Gasteiger partial charge in [-0.25, -0.2) is 0 Å². The van der Waals surface area contributed by atoms with Crippen molar-refractivity contribution in [2.75, 3.05) is 12.9 Å². The maximum Gasteiger partial charge on any atom is 0.133 e. The molecule has 0 bridgehead atoms. The van der Waals surface area contributed by atoms with E-state index in [0.29, 0.717) is 0 Å². The van der Waals surface area contributed by atoms with Crippen molar-refractivity contribution in [3.8, 4) is 11.2 Å². The van der Waals surface area contributed by atoms with E-state index in [1.54, 1.807) is 7.11 Å². The molecule has 0 spiro atoms. The van der Waals surface area contributed by atoms with Gasteiger partial charge in [0.15, 0.2) is 0 Å². The van der Waals surface area contributed by atoms with Crippen LogP contribution in [0.1, 0.15) is 23.1 Å². The third-order valence-electron chi connectivity index (χ3n) is 2.64. The zero-order chi connectivity index (χ0) is 12.0. The number of aryl methyl sites for hydroxylation is 2. The van der Waals surface area contributed by atoms with Gasteiger partial charge in [-0.05, 0) is 67.3 Å². The van der Waals surface area contributed by atoms with Crippen LogP contribution in [0, 0.1) is 24.5 Å². The Labute approximate surface area is 102 Å². The molecule has 0 radical (unpaired) electrons. The van der Waals surface area contributed by atoms with Gasteiger partial charge in [-0.2, -0.15) is 5.26 Å². The molecule has 0 fully saturated rings. The summed E-state index contributed by atoms with van der Waals surface area (Å²) >= 11 is 1.33. The predicted octanol–water partition coefficient (Wildman–Crippen LogP) is 3.46. The number of nitrogens with zero attached hydrogens (tertiary/aromatic N) is 1. The minimum Gasteiger partial charge on any atom is -0.497 e. The van der Waals surface area contributed by atoms with Gasteiger partial charge in [0.2, 0.25) is 0 Å². The highest BCUT2D eigenvalue weighted by atomic mass is 32.2. The maximum absolute atomic E-state index is 8.44. The summed E-state index contributed by atoms with van der Waals surface area (Å²) < 4.78 is 5.23. The van der Waals surface area contributed by atoms with Crippen LogP contribution in [0.3, 0.4) is 0 Å². The summed E-state index contributed by atoms with van der Waals surface area (Å²) in [6.07, 6.45) is 2.09. The van der Waals surface area contributed by atoms with Gasteiger partial charge in [-0.1, -0.05) is 0 Å². The van der Waals surface area contributed by atoms with Crippen LogP contribution in [-0.4, -0.2) is 12.9 Å². The molecule has 86 valence electrons. The maximum atomic E-state index is 8.44. The summed E-state index contributed by atoms with van der Waals surface area (Å²) in [6, 6.07) is 4.14. The normalized spacial score (nSPS) is 9.88. The number of benzene rings is 1. The first-order chi connectivity index (χ1) is 7.69. The van der Waals surface area contributed by atoms with Gasteiger partial charge < -0.3 is 4.74 Å². The fraction of sp³-hybridized carbons (Fsp3) is 0.462. The Hall–Kier alpha value is -1.14. The number of thioether (sulfide) groups is 1. The molecule has 0 N–H and O–H groups in total. The molecule has 0 aliphatic carbocycles. The lowest BCUT2D eigenvalue weighted by Gasteiger charge is -2.11. The molecule has 0 saturated carbocycles. The number of nitriles is 1. The average molecular weight is 235 g/mol. The second kappa shape index (κ2) is 6.44. The van der Waals surface area contributed by atoms with Crippen LogP contribution in [0.5, 0.6) is 5.75 Å². The van der Waals surface area contributed by atoms with Crippen molar-refractivity contribution in [3.63, 3.8) is 0 Å². The standard InChI is InChI=1S/C13H17NOS/c1-10-7-12(15-3)8-11(2)13(10)5-4-6-16-9-14/h7-8H,4-6H2,1-3H3. The minimum absolute atomic E-state index is 0.904. The van der Waals surface area contributed by atoms with Crippen molar-refractivity contribution in [3.05, 3.63) is 28.8 Å². The monoisotopic (exact) mass is 235 g/mol. The molecule has 0 aromatic heterocycles. The van der Waals surface area contributed by atoms with Gasteiger partial charge in [0.1, 0.15) is 11.2 Å². The predicted molar refractivity (Wildman–Crippen MR) is 68.9 cm³/mol. The van der Waals surface area contributed by atoms with E-state index in [0.717, 1.165) is 24.3 Å². The second-order valence-electron chi connectivity index (χ2n) is 3.78. The minimum atomic E-state index is 0.904. The van der Waals surface area contributed by atoms with Crippen molar-refractivity contribution in [2.45, 2.75) is 26.7 Å². The Kier molecular flexibility index (Phi) is 5.21. The Bertz CT molecular complexity index is 372. The van der Waals surface area contributed by atoms with E-state index in [1.807, 2.05) is 0 Å². The highest BCUT2D eigenvalue weighted by molar-refractivity contribution is 8.03. The molecular weight excluding hydrogens is 218 g/mol. The highest BCUT2D eigenvalue weighted by Gasteiger charge is 2.05. The molecule has 0 aliphatic rings. The quantitative estimate of drug-likeness (QED) is 0.579. The fourth-order valence-electron chi connectivity index (χ4n) is 1.83. The second-order valence-corrected chi connectivity index (χ2v) is 4.66. The summed E-state index contributed by atoms with van der Waals surface area (Å²) in [5, 5.41) is 10.5. The molecule has 16 heavy (non-hydrogen) atoms. The van der Waals surface area contributed by atoms with Crippen molar-refractivity contribution in [1.82, 2.24) is 0 Å². The van der Waals surface area contributed by atoms with Crippen molar-refractivity contribution in [2.24, 2.45) is 0 Å². The molecule has 0 heterocycles. The Morgan fingerprint density at radius 3 is 2.44 bits per heavy atom. The molecule has 1 aromatic carbocycles. The first-order valence-corrected chi connectivity index (χ1v) is 6.32. The largest absolute Gasteiger partial charge is 0.497 e. The first-order valence-electron chi connectivity index (χ1n) is 5.34. The van der Waals surface area contributed by atoms with Crippen LogP contribution >= 0.6 is 11.8 Å². The molecule has 1 aromatic rings. The molecular formula is C13H17NOS. The van der Waals surface area contributed by atoms with E-state index in [9.17, 15) is 0 Å². The zero-order valence-electron chi connectivity index (χ0n) is 10.0. The smallest absolute Gasteiger partial charge is 0.133 e. The Morgan fingerprint density at radius 1 is 1.31 bits per heavy atom. The zero-order valence-corrected chi connectivity index (χ0v) is 10.9. The van der Waals surface area contributed by atoms with E-state index in [2.05, 4.69) is 31.4 Å². The van der Waals surface area contributed by atoms with Crippen LogP contribution in [0.15, 0.2) is 12.1 Å². The van der Waals surface area contributed by atoms with Crippen molar-refractivity contribution >= 4 is 11.8 Å². The molecule has 0 saturated heterocycles. The summed E-state index contributed by atoms with van der Waals surface area (Å²) in [6.45, 7) is 4.23. The fourth-order valence-corrected chi connectivity index (χ4v) is 2.21. The van der Waals surface area contributed by atoms with E-state index < -0.39 is 0 Å². The Balaban J connectivity index is 2.69. The summed E-state index contributed by atoms with van der Waals surface area (Å²) in [4.78, 5) is 0. The molecule has 0 atom stereocenters. The van der Waals surface area contributed by atoms with Crippen LogP contribution in [-0.2, 0) is 6.42 Å². The Morgan fingerprint density at radius 2 is 1.94 bits per heavy atom. The van der Waals surface area contributed by atoms with Gasteiger partial charge in [0, 0.05) is 5.75 Å². The van der Waals surface area contributed by atoms with Crippen LogP contribution in [0.2, 0.25) is 0 Å². The molecule has 0 aliphatic heterocycles. The molecule has 3 heteroatoms. The summed E-state index contributed by atoms with van der Waals surface area (Å²) in [7, 11) is 1.69. The van der Waals surface area contributed by atoms with Crippen LogP contribution < -0.4 is 4.74 Å². The number of ether oxygens (including phenoxy) is 1. The van der Waals surface area contributed by atoms with E-state index in [1.165, 1.54) is 28.5 Å². The van der Waals surface area contributed by atoms with E-state index in [4.69, 9.17) is 10.00 Å². The van der Waals surface area contributed by atoms with Crippen LogP contribution in [0.4, 0.5) is 0 Å². The molecule has 0 unspecified atom stereocenters. The van der Waals surface area contributed by atoms with Gasteiger partial charge in [-0.15, -0.1) is 0 Å². The number of hydrogen-bond acceptors (Lipinski definition) is 3. The van der Waals surface area contributed by atoms with Gasteiger partial charge in [0.05, 0.1) is 7.11 Å². The number of rotatable bonds is 5. The SMILES string of the molecule is COc1cc(C)c(CCCSC#N)c(C)c1. The number of hydrogen-bond donors (Lipinski definition) is 0. The molecule has 0 amide bonds. The van der Waals surface area contributed by atoms with E-state index in [-0.39, 0.29) is 0 Å². The number of thiocyanates is 1. The lowest BCUT2D eigenvalue weighted by molar-refractivity contribution is 0.414. The summed E-state index contributed by atoms with van der Waals surface area (Å²) in [5.41, 5.74) is 3.94. The topological polar surface area (TPSA) is 33.0 Å². The first kappa shape index (κ1) is 12.9. The molecule has 1 rings (SSSR count). The van der Waals surface area contributed by atoms with Crippen molar-refractivity contribution < 1.29 is 4.74 Å².